The van der Waals surface area contributed by atoms with E-state index in [2.05, 4.69) is 33.0 Å². The fourth-order valence-electron chi connectivity index (χ4n) is 2.19. The smallest absolute Gasteiger partial charge is 0.00926 e. The van der Waals surface area contributed by atoms with Crippen LogP contribution < -0.4 is 5.32 Å². The third-order valence-corrected chi connectivity index (χ3v) is 3.21. The average Bonchev–Trinajstić information content (AvgIpc) is 2.23. The van der Waals surface area contributed by atoms with Gasteiger partial charge in [-0.05, 0) is 31.7 Å². The molecule has 0 aromatic rings. The Morgan fingerprint density at radius 1 is 0.867 bits per heavy atom. The molecule has 0 aliphatic rings. The highest BCUT2D eigenvalue weighted by Gasteiger charge is 2.14. The van der Waals surface area contributed by atoms with Crippen molar-refractivity contribution in [3.63, 3.8) is 0 Å². The number of hydrogen-bond acceptors (Lipinski definition) is 1. The Labute approximate surface area is 97.0 Å². The topological polar surface area (TPSA) is 12.0 Å². The van der Waals surface area contributed by atoms with Gasteiger partial charge in [-0.1, -0.05) is 53.4 Å². The third kappa shape index (κ3) is 7.84. The molecule has 0 aromatic heterocycles. The Hall–Kier alpha value is -0.0400. The van der Waals surface area contributed by atoms with Crippen LogP contribution in [-0.2, 0) is 0 Å². The Morgan fingerprint density at radius 3 is 2.13 bits per heavy atom. The van der Waals surface area contributed by atoms with Gasteiger partial charge in [0, 0.05) is 6.04 Å². The summed E-state index contributed by atoms with van der Waals surface area (Å²) in [6, 6.07) is 0.761. The predicted octanol–water partition coefficient (Wildman–Crippen LogP) is 4.37. The van der Waals surface area contributed by atoms with Gasteiger partial charge >= 0.3 is 0 Å². The average molecular weight is 213 g/mol. The first-order chi connectivity index (χ1) is 7.26. The molecule has 0 amide bonds. The molecule has 1 N–H and O–H groups in total. The zero-order valence-corrected chi connectivity index (χ0v) is 11.3. The van der Waals surface area contributed by atoms with Crippen molar-refractivity contribution in [1.29, 1.82) is 0 Å². The molecule has 0 fully saturated rings. The van der Waals surface area contributed by atoms with E-state index >= 15 is 0 Å². The van der Waals surface area contributed by atoms with Gasteiger partial charge in [-0.25, -0.2) is 0 Å². The molecule has 0 heterocycles. The van der Waals surface area contributed by atoms with E-state index in [-0.39, 0.29) is 0 Å². The number of unbranched alkanes of at least 4 members (excludes halogenated alkanes) is 2. The van der Waals surface area contributed by atoms with Gasteiger partial charge in [-0.3, -0.25) is 0 Å². The summed E-state index contributed by atoms with van der Waals surface area (Å²) in [4.78, 5) is 0. The fraction of sp³-hybridized carbons (Fsp3) is 1.00. The molecule has 0 aromatic carbocycles. The molecule has 0 aliphatic heterocycles. The van der Waals surface area contributed by atoms with Gasteiger partial charge < -0.3 is 5.32 Å². The predicted molar refractivity (Wildman–Crippen MR) is 70.3 cm³/mol. The van der Waals surface area contributed by atoms with Crippen molar-refractivity contribution in [3.05, 3.63) is 0 Å². The Balaban J connectivity index is 3.81. The van der Waals surface area contributed by atoms with Crippen molar-refractivity contribution < 1.29 is 0 Å². The molecule has 0 spiro atoms. The largest absolute Gasteiger partial charge is 0.314 e. The summed E-state index contributed by atoms with van der Waals surface area (Å²) in [6.45, 7) is 10.4. The third-order valence-electron chi connectivity index (χ3n) is 3.21. The Bertz CT molecular complexity index is 123. The summed E-state index contributed by atoms with van der Waals surface area (Å²) in [5, 5.41) is 3.71. The molecule has 92 valence electrons. The van der Waals surface area contributed by atoms with E-state index in [1.165, 1.54) is 51.5 Å². The van der Waals surface area contributed by atoms with Crippen LogP contribution in [0.4, 0.5) is 0 Å². The van der Waals surface area contributed by atoms with E-state index in [9.17, 15) is 0 Å². The van der Waals surface area contributed by atoms with Gasteiger partial charge in [-0.2, -0.15) is 0 Å². The first-order valence-electron chi connectivity index (χ1n) is 6.99. The minimum Gasteiger partial charge on any atom is -0.314 e. The van der Waals surface area contributed by atoms with Gasteiger partial charge in [0.05, 0.1) is 0 Å². The van der Waals surface area contributed by atoms with E-state index in [0.717, 1.165) is 12.0 Å². The molecule has 1 nitrogen and oxygen atoms in total. The maximum atomic E-state index is 3.71. The van der Waals surface area contributed by atoms with E-state index in [0.29, 0.717) is 0 Å². The minimum atomic E-state index is 0.761. The van der Waals surface area contributed by atoms with E-state index in [1.807, 2.05) is 0 Å². The second-order valence-electron chi connectivity index (χ2n) is 4.82. The van der Waals surface area contributed by atoms with Gasteiger partial charge in [0.2, 0.25) is 0 Å². The van der Waals surface area contributed by atoms with Crippen molar-refractivity contribution in [2.45, 2.75) is 78.7 Å². The SMILES string of the molecule is CCCCCC(NCCC)C(C)CCC. The molecule has 0 aliphatic carbocycles. The normalized spacial score (nSPS) is 15.2. The Kier molecular flexibility index (Phi) is 10.4. The van der Waals surface area contributed by atoms with Crippen molar-refractivity contribution in [2.24, 2.45) is 5.92 Å². The van der Waals surface area contributed by atoms with Crippen LogP contribution in [0.2, 0.25) is 0 Å². The maximum absolute atomic E-state index is 3.71. The number of hydrogen-bond donors (Lipinski definition) is 1. The molecule has 15 heavy (non-hydrogen) atoms. The summed E-state index contributed by atoms with van der Waals surface area (Å²) in [6.07, 6.45) is 9.43. The lowest BCUT2D eigenvalue weighted by Crippen LogP contribution is -2.35. The zero-order chi connectivity index (χ0) is 11.5. The number of rotatable bonds is 10. The second kappa shape index (κ2) is 10.5. The van der Waals surface area contributed by atoms with Crippen LogP contribution in [0.25, 0.3) is 0 Å². The zero-order valence-electron chi connectivity index (χ0n) is 11.3. The van der Waals surface area contributed by atoms with Crippen LogP contribution in [0.3, 0.4) is 0 Å². The molecule has 0 radical (unpaired) electrons. The number of nitrogens with one attached hydrogen (secondary N) is 1. The van der Waals surface area contributed by atoms with Crippen LogP contribution >= 0.6 is 0 Å². The van der Waals surface area contributed by atoms with Crippen LogP contribution in [0.5, 0.6) is 0 Å². The van der Waals surface area contributed by atoms with Crippen molar-refractivity contribution >= 4 is 0 Å². The van der Waals surface area contributed by atoms with Crippen LogP contribution in [0.1, 0.15) is 72.6 Å². The highest BCUT2D eigenvalue weighted by atomic mass is 14.9. The van der Waals surface area contributed by atoms with Gasteiger partial charge in [0.1, 0.15) is 0 Å². The molecule has 0 bridgehead atoms. The Morgan fingerprint density at radius 2 is 1.60 bits per heavy atom. The maximum Gasteiger partial charge on any atom is 0.00926 e. The monoisotopic (exact) mass is 213 g/mol. The van der Waals surface area contributed by atoms with Crippen molar-refractivity contribution in [3.8, 4) is 0 Å². The van der Waals surface area contributed by atoms with Crippen molar-refractivity contribution in [1.82, 2.24) is 5.32 Å². The standard InChI is InChI=1S/C14H31N/c1-5-8-9-11-14(15-12-7-3)13(4)10-6-2/h13-15H,5-12H2,1-4H3. The molecular weight excluding hydrogens is 182 g/mol. The first kappa shape index (κ1) is 15.0. The summed E-state index contributed by atoms with van der Waals surface area (Å²) >= 11 is 0. The summed E-state index contributed by atoms with van der Waals surface area (Å²) in [5.41, 5.74) is 0. The summed E-state index contributed by atoms with van der Waals surface area (Å²) in [7, 11) is 0. The van der Waals surface area contributed by atoms with E-state index < -0.39 is 0 Å². The highest BCUT2D eigenvalue weighted by molar-refractivity contribution is 4.73. The van der Waals surface area contributed by atoms with Gasteiger partial charge in [-0.15, -0.1) is 0 Å². The lowest BCUT2D eigenvalue weighted by molar-refractivity contribution is 0.329. The van der Waals surface area contributed by atoms with Crippen LogP contribution in [-0.4, -0.2) is 12.6 Å². The molecular formula is C14H31N. The molecule has 0 saturated carbocycles. The van der Waals surface area contributed by atoms with E-state index in [4.69, 9.17) is 0 Å². The lowest BCUT2D eigenvalue weighted by atomic mass is 9.92. The van der Waals surface area contributed by atoms with Crippen LogP contribution in [0.15, 0.2) is 0 Å². The summed E-state index contributed by atoms with van der Waals surface area (Å²) < 4.78 is 0. The second-order valence-corrected chi connectivity index (χ2v) is 4.82. The highest BCUT2D eigenvalue weighted by Crippen LogP contribution is 2.16. The van der Waals surface area contributed by atoms with Crippen molar-refractivity contribution in [2.75, 3.05) is 6.54 Å². The molecule has 1 heteroatoms. The van der Waals surface area contributed by atoms with Gasteiger partial charge in [0.15, 0.2) is 0 Å². The quantitative estimate of drug-likeness (QED) is 0.531. The molecule has 0 saturated heterocycles. The van der Waals surface area contributed by atoms with Crippen LogP contribution in [0, 0.1) is 5.92 Å². The summed E-state index contributed by atoms with van der Waals surface area (Å²) in [5.74, 6) is 0.846. The van der Waals surface area contributed by atoms with E-state index in [1.54, 1.807) is 0 Å². The molecule has 0 rings (SSSR count). The first-order valence-corrected chi connectivity index (χ1v) is 6.99. The lowest BCUT2D eigenvalue weighted by Gasteiger charge is -2.25. The van der Waals surface area contributed by atoms with Gasteiger partial charge in [0.25, 0.3) is 0 Å². The molecule has 2 atom stereocenters. The minimum absolute atomic E-state index is 0.761. The fourth-order valence-corrected chi connectivity index (χ4v) is 2.19. The molecule has 2 unspecified atom stereocenters.